The Hall–Kier alpha value is -1.66. The molecule has 0 spiro atoms. The van der Waals surface area contributed by atoms with E-state index in [1.54, 1.807) is 6.26 Å². The Morgan fingerprint density at radius 2 is 2.19 bits per heavy atom. The van der Waals surface area contributed by atoms with Crippen molar-refractivity contribution in [1.29, 1.82) is 0 Å². The standard InChI is InChI=1S/C15H22N4O2/c1-3-4-12(19-8-6-16-7-9-19)14-17-15(21-18-14)13-11(2)5-10-20-13/h5,10,12,16H,3-4,6-9H2,1-2H3. The van der Waals surface area contributed by atoms with Gasteiger partial charge in [0.15, 0.2) is 11.6 Å². The summed E-state index contributed by atoms with van der Waals surface area (Å²) in [6.45, 7) is 8.24. The second-order valence-electron chi connectivity index (χ2n) is 5.48. The number of piperazine rings is 1. The number of hydrogen-bond donors (Lipinski definition) is 1. The van der Waals surface area contributed by atoms with Crippen LogP contribution in [-0.2, 0) is 0 Å². The van der Waals surface area contributed by atoms with Crippen LogP contribution in [0.1, 0.15) is 37.2 Å². The minimum atomic E-state index is 0.227. The van der Waals surface area contributed by atoms with Gasteiger partial charge in [-0.05, 0) is 19.4 Å². The van der Waals surface area contributed by atoms with E-state index >= 15 is 0 Å². The summed E-state index contributed by atoms with van der Waals surface area (Å²) in [6, 6.07) is 2.13. The first kappa shape index (κ1) is 14.3. The molecule has 1 saturated heterocycles. The summed E-state index contributed by atoms with van der Waals surface area (Å²) < 4.78 is 10.8. The van der Waals surface area contributed by atoms with Crippen molar-refractivity contribution in [2.24, 2.45) is 0 Å². The highest BCUT2D eigenvalue weighted by Gasteiger charge is 2.26. The van der Waals surface area contributed by atoms with Crippen LogP contribution in [0.2, 0.25) is 0 Å². The quantitative estimate of drug-likeness (QED) is 0.912. The van der Waals surface area contributed by atoms with Crippen molar-refractivity contribution < 1.29 is 8.94 Å². The van der Waals surface area contributed by atoms with E-state index in [-0.39, 0.29) is 6.04 Å². The molecule has 1 N–H and O–H groups in total. The van der Waals surface area contributed by atoms with Crippen molar-refractivity contribution in [2.45, 2.75) is 32.7 Å². The van der Waals surface area contributed by atoms with Crippen molar-refractivity contribution in [3.8, 4) is 11.7 Å². The highest BCUT2D eigenvalue weighted by atomic mass is 16.5. The minimum absolute atomic E-state index is 0.227. The van der Waals surface area contributed by atoms with Crippen molar-refractivity contribution in [1.82, 2.24) is 20.4 Å². The topological polar surface area (TPSA) is 67.3 Å². The van der Waals surface area contributed by atoms with E-state index in [0.29, 0.717) is 11.7 Å². The van der Waals surface area contributed by atoms with Crippen LogP contribution < -0.4 is 5.32 Å². The highest BCUT2D eigenvalue weighted by molar-refractivity contribution is 5.49. The van der Waals surface area contributed by atoms with E-state index in [4.69, 9.17) is 8.94 Å². The monoisotopic (exact) mass is 290 g/mol. The van der Waals surface area contributed by atoms with Crippen LogP contribution in [0.4, 0.5) is 0 Å². The molecular formula is C15H22N4O2. The maximum absolute atomic E-state index is 5.43. The summed E-state index contributed by atoms with van der Waals surface area (Å²) in [5.41, 5.74) is 1.01. The molecule has 2 aromatic rings. The normalized spacial score (nSPS) is 18.0. The highest BCUT2D eigenvalue weighted by Crippen LogP contribution is 2.28. The van der Waals surface area contributed by atoms with Crippen molar-refractivity contribution in [3.05, 3.63) is 23.7 Å². The van der Waals surface area contributed by atoms with E-state index in [0.717, 1.165) is 50.4 Å². The molecule has 21 heavy (non-hydrogen) atoms. The van der Waals surface area contributed by atoms with Crippen LogP contribution in [0.15, 0.2) is 21.3 Å². The van der Waals surface area contributed by atoms with Crippen LogP contribution >= 0.6 is 0 Å². The lowest BCUT2D eigenvalue weighted by Crippen LogP contribution is -2.45. The predicted octanol–water partition coefficient (Wildman–Crippen LogP) is 2.38. The summed E-state index contributed by atoms with van der Waals surface area (Å²) in [7, 11) is 0. The van der Waals surface area contributed by atoms with E-state index in [9.17, 15) is 0 Å². The second kappa shape index (κ2) is 6.41. The first-order valence-electron chi connectivity index (χ1n) is 7.62. The molecule has 0 aromatic carbocycles. The lowest BCUT2D eigenvalue weighted by Gasteiger charge is -2.32. The number of hydrogen-bond acceptors (Lipinski definition) is 6. The molecule has 6 heteroatoms. The fourth-order valence-electron chi connectivity index (χ4n) is 2.80. The Labute approximate surface area is 124 Å². The van der Waals surface area contributed by atoms with Gasteiger partial charge in [-0.3, -0.25) is 4.90 Å². The van der Waals surface area contributed by atoms with Gasteiger partial charge >= 0.3 is 0 Å². The molecule has 6 nitrogen and oxygen atoms in total. The van der Waals surface area contributed by atoms with E-state index < -0.39 is 0 Å². The molecule has 1 aliphatic heterocycles. The molecule has 3 rings (SSSR count). The molecule has 114 valence electrons. The molecule has 0 saturated carbocycles. The molecule has 0 bridgehead atoms. The number of furan rings is 1. The number of aromatic nitrogens is 2. The van der Waals surface area contributed by atoms with Crippen LogP contribution in [-0.4, -0.2) is 41.2 Å². The lowest BCUT2D eigenvalue weighted by atomic mass is 10.1. The molecule has 3 heterocycles. The number of aryl methyl sites for hydroxylation is 1. The number of nitrogens with zero attached hydrogens (tertiary/aromatic N) is 3. The Balaban J connectivity index is 1.83. The first-order valence-corrected chi connectivity index (χ1v) is 7.62. The molecule has 0 aliphatic carbocycles. The number of nitrogens with one attached hydrogen (secondary N) is 1. The average molecular weight is 290 g/mol. The van der Waals surface area contributed by atoms with Gasteiger partial charge in [-0.25, -0.2) is 0 Å². The van der Waals surface area contributed by atoms with Gasteiger partial charge in [-0.15, -0.1) is 0 Å². The molecule has 0 amide bonds. The van der Waals surface area contributed by atoms with Crippen molar-refractivity contribution in [3.63, 3.8) is 0 Å². The van der Waals surface area contributed by atoms with Crippen molar-refractivity contribution >= 4 is 0 Å². The minimum Gasteiger partial charge on any atom is -0.459 e. The van der Waals surface area contributed by atoms with Gasteiger partial charge in [0.25, 0.3) is 5.89 Å². The average Bonchev–Trinajstić information content (AvgIpc) is 3.14. The van der Waals surface area contributed by atoms with Gasteiger partial charge < -0.3 is 14.3 Å². The van der Waals surface area contributed by atoms with Gasteiger partial charge in [-0.1, -0.05) is 18.5 Å². The summed E-state index contributed by atoms with van der Waals surface area (Å²) in [4.78, 5) is 7.01. The zero-order valence-corrected chi connectivity index (χ0v) is 12.6. The van der Waals surface area contributed by atoms with E-state index in [2.05, 4.69) is 27.3 Å². The fraction of sp³-hybridized carbons (Fsp3) is 0.600. The van der Waals surface area contributed by atoms with Gasteiger partial charge in [0.05, 0.1) is 12.3 Å². The summed E-state index contributed by atoms with van der Waals surface area (Å²) >= 11 is 0. The molecule has 1 unspecified atom stereocenters. The lowest BCUT2D eigenvalue weighted by molar-refractivity contribution is 0.155. The number of rotatable bonds is 5. The molecular weight excluding hydrogens is 268 g/mol. The largest absolute Gasteiger partial charge is 0.459 e. The Morgan fingerprint density at radius 1 is 1.38 bits per heavy atom. The zero-order valence-electron chi connectivity index (χ0n) is 12.6. The second-order valence-corrected chi connectivity index (χ2v) is 5.48. The first-order chi connectivity index (χ1) is 10.3. The van der Waals surface area contributed by atoms with Crippen LogP contribution in [0.3, 0.4) is 0 Å². The molecule has 1 atom stereocenters. The SMILES string of the molecule is CCCC(c1noc(-c2occc2C)n1)N1CCNCC1. The van der Waals surface area contributed by atoms with Gasteiger partial charge in [0.2, 0.25) is 0 Å². The smallest absolute Gasteiger partial charge is 0.293 e. The van der Waals surface area contributed by atoms with Gasteiger partial charge in [-0.2, -0.15) is 4.98 Å². The van der Waals surface area contributed by atoms with Crippen LogP contribution in [0.25, 0.3) is 11.7 Å². The molecule has 2 aromatic heterocycles. The summed E-state index contributed by atoms with van der Waals surface area (Å²) in [5, 5.41) is 7.58. The van der Waals surface area contributed by atoms with Crippen LogP contribution in [0, 0.1) is 6.92 Å². The Bertz CT molecular complexity index is 572. The maximum atomic E-state index is 5.43. The van der Waals surface area contributed by atoms with Gasteiger partial charge in [0.1, 0.15) is 0 Å². The fourth-order valence-corrected chi connectivity index (χ4v) is 2.80. The van der Waals surface area contributed by atoms with Gasteiger partial charge in [0, 0.05) is 31.7 Å². The molecule has 0 radical (unpaired) electrons. The zero-order chi connectivity index (χ0) is 14.7. The van der Waals surface area contributed by atoms with E-state index in [1.807, 2.05) is 13.0 Å². The molecule has 1 fully saturated rings. The maximum Gasteiger partial charge on any atom is 0.293 e. The van der Waals surface area contributed by atoms with Crippen LogP contribution in [0.5, 0.6) is 0 Å². The molecule has 1 aliphatic rings. The Morgan fingerprint density at radius 3 is 2.86 bits per heavy atom. The summed E-state index contributed by atoms with van der Waals surface area (Å²) in [6.07, 6.45) is 3.78. The third-order valence-corrected chi connectivity index (χ3v) is 3.95. The van der Waals surface area contributed by atoms with Crippen molar-refractivity contribution in [2.75, 3.05) is 26.2 Å². The Kier molecular flexibility index (Phi) is 4.36. The van der Waals surface area contributed by atoms with E-state index in [1.165, 1.54) is 0 Å². The third-order valence-electron chi connectivity index (χ3n) is 3.95. The predicted molar refractivity (Wildman–Crippen MR) is 78.8 cm³/mol. The summed E-state index contributed by atoms with van der Waals surface area (Å²) in [5.74, 6) is 1.91. The third kappa shape index (κ3) is 3.01.